The van der Waals surface area contributed by atoms with E-state index in [0.29, 0.717) is 0 Å². The van der Waals surface area contributed by atoms with Crippen LogP contribution in [0.15, 0.2) is 12.1 Å². The molecule has 0 saturated carbocycles. The third-order valence-corrected chi connectivity index (χ3v) is 1.55. The molecule has 1 rings (SSSR count). The molecule has 1 heterocycles. The quantitative estimate of drug-likeness (QED) is 0.671. The van der Waals surface area contributed by atoms with Crippen LogP contribution in [0.5, 0.6) is 11.8 Å². The number of rotatable bonds is 3. The van der Waals surface area contributed by atoms with E-state index >= 15 is 0 Å². The van der Waals surface area contributed by atoms with Crippen LogP contribution in [0.1, 0.15) is 6.92 Å². The summed E-state index contributed by atoms with van der Waals surface area (Å²) >= 11 is 0. The van der Waals surface area contributed by atoms with E-state index in [1.807, 2.05) is 0 Å². The molecule has 0 fully saturated rings. The summed E-state index contributed by atoms with van der Waals surface area (Å²) in [6.07, 6.45) is 0. The number of esters is 1. The van der Waals surface area contributed by atoms with Gasteiger partial charge in [0.1, 0.15) is 6.61 Å². The van der Waals surface area contributed by atoms with Crippen molar-refractivity contribution in [2.24, 2.45) is 0 Å². The highest BCUT2D eigenvalue weighted by Crippen LogP contribution is 2.20. The fourth-order valence-corrected chi connectivity index (χ4v) is 0.956. The van der Waals surface area contributed by atoms with Crippen LogP contribution in [0.4, 0.5) is 0 Å². The monoisotopic (exact) mass is 185 g/mol. The van der Waals surface area contributed by atoms with Gasteiger partial charge in [-0.05, 0) is 0 Å². The third kappa shape index (κ3) is 2.40. The summed E-state index contributed by atoms with van der Waals surface area (Å²) in [6.45, 7) is 1.67. The second kappa shape index (κ2) is 3.84. The smallest absolute Gasteiger partial charge is 0.302 e. The Morgan fingerprint density at radius 1 is 1.46 bits per heavy atom. The van der Waals surface area contributed by atoms with E-state index in [1.54, 1.807) is 0 Å². The second-order valence-corrected chi connectivity index (χ2v) is 2.54. The maximum Gasteiger partial charge on any atom is 0.302 e. The summed E-state index contributed by atoms with van der Waals surface area (Å²) in [6, 6.07) is 2.73. The zero-order chi connectivity index (χ0) is 9.84. The van der Waals surface area contributed by atoms with Crippen molar-refractivity contribution in [3.05, 3.63) is 12.1 Å². The Labute approximate surface area is 75.2 Å². The van der Waals surface area contributed by atoms with Crippen molar-refractivity contribution in [3.8, 4) is 11.8 Å². The van der Waals surface area contributed by atoms with Crippen molar-refractivity contribution in [3.63, 3.8) is 0 Å². The second-order valence-electron chi connectivity index (χ2n) is 2.54. The van der Waals surface area contributed by atoms with Crippen molar-refractivity contribution in [2.45, 2.75) is 13.5 Å². The van der Waals surface area contributed by atoms with E-state index in [1.165, 1.54) is 23.6 Å². The maximum absolute atomic E-state index is 10.4. The lowest BCUT2D eigenvalue weighted by Crippen LogP contribution is -2.07. The van der Waals surface area contributed by atoms with Gasteiger partial charge in [-0.25, -0.2) is 0 Å². The van der Waals surface area contributed by atoms with Crippen LogP contribution in [-0.2, 0) is 16.1 Å². The minimum atomic E-state index is -0.383. The van der Waals surface area contributed by atoms with Gasteiger partial charge in [0.25, 0.3) is 0 Å². The van der Waals surface area contributed by atoms with Gasteiger partial charge in [0, 0.05) is 19.1 Å². The molecule has 2 N–H and O–H groups in total. The Morgan fingerprint density at radius 2 is 2.00 bits per heavy atom. The minimum absolute atomic E-state index is 0.0512. The molecule has 72 valence electrons. The maximum atomic E-state index is 10.4. The van der Waals surface area contributed by atoms with Gasteiger partial charge in [0.2, 0.25) is 0 Å². The number of carbonyl (C=O) groups excluding carboxylic acids is 1. The Morgan fingerprint density at radius 3 is 2.46 bits per heavy atom. The summed E-state index contributed by atoms with van der Waals surface area (Å²) < 4.78 is 5.88. The van der Waals surface area contributed by atoms with E-state index in [2.05, 4.69) is 4.74 Å². The highest BCUT2D eigenvalue weighted by molar-refractivity contribution is 5.65. The number of hydrogen-bond acceptors (Lipinski definition) is 4. The average Bonchev–Trinajstić information content (AvgIpc) is 2.34. The fourth-order valence-electron chi connectivity index (χ4n) is 0.956. The summed E-state index contributed by atoms with van der Waals surface area (Å²) in [5.74, 6) is -0.486. The molecule has 1 aromatic rings. The highest BCUT2D eigenvalue weighted by Gasteiger charge is 2.05. The van der Waals surface area contributed by atoms with E-state index in [-0.39, 0.29) is 30.9 Å². The molecule has 0 aliphatic rings. The summed E-state index contributed by atoms with van der Waals surface area (Å²) in [5.41, 5.74) is 0. The van der Waals surface area contributed by atoms with Gasteiger partial charge in [-0.3, -0.25) is 9.36 Å². The summed E-state index contributed by atoms with van der Waals surface area (Å²) in [5, 5.41) is 18.3. The molecular formula is C8H11NO4. The predicted molar refractivity (Wildman–Crippen MR) is 44.4 cm³/mol. The average molecular weight is 185 g/mol. The lowest BCUT2D eigenvalue weighted by Gasteiger charge is -2.06. The van der Waals surface area contributed by atoms with E-state index in [0.717, 1.165) is 0 Å². The van der Waals surface area contributed by atoms with Gasteiger partial charge in [0.05, 0.1) is 6.54 Å². The highest BCUT2D eigenvalue weighted by atomic mass is 16.5. The first kappa shape index (κ1) is 9.44. The van der Waals surface area contributed by atoms with Crippen molar-refractivity contribution in [1.82, 2.24) is 4.57 Å². The topological polar surface area (TPSA) is 71.7 Å². The first-order valence-corrected chi connectivity index (χ1v) is 3.82. The molecule has 0 unspecified atom stereocenters. The van der Waals surface area contributed by atoms with Crippen molar-refractivity contribution in [1.29, 1.82) is 0 Å². The molecule has 0 spiro atoms. The summed E-state index contributed by atoms with van der Waals surface area (Å²) in [7, 11) is 0. The van der Waals surface area contributed by atoms with Gasteiger partial charge < -0.3 is 14.9 Å². The summed E-state index contributed by atoms with van der Waals surface area (Å²) in [4.78, 5) is 10.4. The Balaban J connectivity index is 2.49. The molecule has 1 aromatic heterocycles. The Bertz CT molecular complexity index is 286. The molecule has 0 bridgehead atoms. The van der Waals surface area contributed by atoms with E-state index in [4.69, 9.17) is 10.2 Å². The van der Waals surface area contributed by atoms with Gasteiger partial charge in [-0.15, -0.1) is 0 Å². The third-order valence-electron chi connectivity index (χ3n) is 1.55. The van der Waals surface area contributed by atoms with E-state index < -0.39 is 0 Å². The first-order valence-electron chi connectivity index (χ1n) is 3.82. The number of hydrogen-bond donors (Lipinski definition) is 2. The lowest BCUT2D eigenvalue weighted by molar-refractivity contribution is -0.141. The van der Waals surface area contributed by atoms with Gasteiger partial charge in [0.15, 0.2) is 11.8 Å². The molecular weight excluding hydrogens is 174 g/mol. The van der Waals surface area contributed by atoms with Crippen LogP contribution in [0, 0.1) is 0 Å². The van der Waals surface area contributed by atoms with E-state index in [9.17, 15) is 4.79 Å². The number of carbonyl (C=O) groups is 1. The molecule has 0 radical (unpaired) electrons. The minimum Gasteiger partial charge on any atom is -0.494 e. The molecule has 0 aliphatic carbocycles. The molecule has 5 nitrogen and oxygen atoms in total. The van der Waals surface area contributed by atoms with Crippen LogP contribution >= 0.6 is 0 Å². The fraction of sp³-hybridized carbons (Fsp3) is 0.375. The molecule has 13 heavy (non-hydrogen) atoms. The number of ether oxygens (including phenoxy) is 1. The van der Waals surface area contributed by atoms with Gasteiger partial charge in [-0.1, -0.05) is 0 Å². The lowest BCUT2D eigenvalue weighted by atomic mass is 10.6. The normalized spacial score (nSPS) is 9.92. The van der Waals surface area contributed by atoms with Crippen LogP contribution in [0.25, 0.3) is 0 Å². The molecule has 0 aromatic carbocycles. The number of aromatic nitrogens is 1. The number of nitrogens with zero attached hydrogens (tertiary/aromatic N) is 1. The zero-order valence-electron chi connectivity index (χ0n) is 7.23. The first-order chi connectivity index (χ1) is 6.11. The number of aromatic hydroxyl groups is 2. The molecule has 5 heteroatoms. The standard InChI is InChI=1S/C8H11NO4/c1-6(10)13-5-4-9-7(11)2-3-8(9)12/h2-3,11-12H,4-5H2,1H3. The van der Waals surface area contributed by atoms with Crippen LogP contribution in [-0.4, -0.2) is 27.4 Å². The molecule has 0 atom stereocenters. The van der Waals surface area contributed by atoms with Crippen molar-refractivity contribution in [2.75, 3.05) is 6.61 Å². The van der Waals surface area contributed by atoms with Crippen molar-refractivity contribution < 1.29 is 19.7 Å². The van der Waals surface area contributed by atoms with Gasteiger partial charge >= 0.3 is 5.97 Å². The largest absolute Gasteiger partial charge is 0.494 e. The molecule has 0 amide bonds. The van der Waals surface area contributed by atoms with Gasteiger partial charge in [-0.2, -0.15) is 0 Å². The Kier molecular flexibility index (Phi) is 2.79. The SMILES string of the molecule is CC(=O)OCCn1c(O)ccc1O. The van der Waals surface area contributed by atoms with Crippen molar-refractivity contribution >= 4 is 5.97 Å². The van der Waals surface area contributed by atoms with Crippen LogP contribution in [0.2, 0.25) is 0 Å². The van der Waals surface area contributed by atoms with Crippen LogP contribution in [0.3, 0.4) is 0 Å². The van der Waals surface area contributed by atoms with Crippen LogP contribution < -0.4 is 0 Å². The predicted octanol–water partition coefficient (Wildman–Crippen LogP) is 0.462. The molecule has 0 saturated heterocycles. The Hall–Kier alpha value is -1.65. The molecule has 0 aliphatic heterocycles. The zero-order valence-corrected chi connectivity index (χ0v) is 7.23.